The van der Waals surface area contributed by atoms with Crippen molar-refractivity contribution in [3.8, 4) is 0 Å². The molecule has 1 amide bonds. The van der Waals surface area contributed by atoms with Gasteiger partial charge >= 0.3 is 5.97 Å². The Hall–Kier alpha value is -1.95. The molecule has 116 valence electrons. The first-order chi connectivity index (χ1) is 10.5. The van der Waals surface area contributed by atoms with Gasteiger partial charge in [-0.05, 0) is 36.6 Å². The number of rotatable bonds is 4. The highest BCUT2D eigenvalue weighted by atomic mass is 32.2. The highest BCUT2D eigenvalue weighted by molar-refractivity contribution is 7.99. The molecule has 2 N–H and O–H groups in total. The molecule has 0 radical (unpaired) electrons. The molecule has 0 saturated carbocycles. The summed E-state index contributed by atoms with van der Waals surface area (Å²) < 4.78 is 1.92. The van der Waals surface area contributed by atoms with Gasteiger partial charge in [-0.2, -0.15) is 11.8 Å². The summed E-state index contributed by atoms with van der Waals surface area (Å²) in [5.74, 6) is -0.00773. The highest BCUT2D eigenvalue weighted by Crippen LogP contribution is 2.28. The number of carboxylic acid groups (broad SMARTS) is 1. The van der Waals surface area contributed by atoms with Crippen molar-refractivity contribution in [3.63, 3.8) is 0 Å². The van der Waals surface area contributed by atoms with Crippen LogP contribution in [-0.4, -0.2) is 38.6 Å². The Balaban J connectivity index is 1.81. The molecule has 1 aliphatic rings. The molecule has 1 fully saturated rings. The molecule has 5 nitrogen and oxygen atoms in total. The summed E-state index contributed by atoms with van der Waals surface area (Å²) in [5.41, 5.74) is 0.861. The third-order valence-electron chi connectivity index (χ3n) is 4.13. The van der Waals surface area contributed by atoms with E-state index in [9.17, 15) is 14.7 Å². The molecule has 2 heterocycles. The van der Waals surface area contributed by atoms with Gasteiger partial charge in [-0.25, -0.2) is 4.79 Å². The van der Waals surface area contributed by atoms with Crippen LogP contribution in [0.5, 0.6) is 0 Å². The smallest absolute Gasteiger partial charge is 0.330 e. The van der Waals surface area contributed by atoms with E-state index in [1.807, 2.05) is 41.8 Å². The standard InChI is InChI=1S/C16H18N2O3S/c1-11-8-12-4-2-3-5-13(12)18(11)9-14(19)17-16(15(20)21)6-7-22-10-16/h2-5,8H,6-7,9-10H2,1H3,(H,17,19)(H,20,21)/t16-/m1/s1. The van der Waals surface area contributed by atoms with E-state index in [1.165, 1.54) is 0 Å². The van der Waals surface area contributed by atoms with Crippen LogP contribution in [0.1, 0.15) is 12.1 Å². The van der Waals surface area contributed by atoms with Crippen molar-refractivity contribution in [1.29, 1.82) is 0 Å². The van der Waals surface area contributed by atoms with Gasteiger partial charge in [0.2, 0.25) is 5.91 Å². The number of amides is 1. The lowest BCUT2D eigenvalue weighted by Crippen LogP contribution is -2.55. The van der Waals surface area contributed by atoms with E-state index in [-0.39, 0.29) is 12.5 Å². The largest absolute Gasteiger partial charge is 0.479 e. The van der Waals surface area contributed by atoms with Gasteiger partial charge < -0.3 is 15.0 Å². The Labute approximate surface area is 132 Å². The number of carbonyl (C=O) groups is 2. The maximum absolute atomic E-state index is 12.4. The lowest BCUT2D eigenvalue weighted by Gasteiger charge is -2.25. The molecule has 0 bridgehead atoms. The fourth-order valence-electron chi connectivity index (χ4n) is 2.89. The van der Waals surface area contributed by atoms with Gasteiger partial charge in [0, 0.05) is 17.0 Å². The second-order valence-corrected chi connectivity index (χ2v) is 6.77. The monoisotopic (exact) mass is 318 g/mol. The minimum Gasteiger partial charge on any atom is -0.479 e. The second-order valence-electron chi connectivity index (χ2n) is 5.67. The normalized spacial score (nSPS) is 21.1. The van der Waals surface area contributed by atoms with Crippen molar-refractivity contribution in [1.82, 2.24) is 9.88 Å². The fourth-order valence-corrected chi connectivity index (χ4v) is 4.22. The summed E-state index contributed by atoms with van der Waals surface area (Å²) in [4.78, 5) is 23.9. The number of fused-ring (bicyclic) bond motifs is 1. The van der Waals surface area contributed by atoms with Crippen LogP contribution in [-0.2, 0) is 16.1 Å². The van der Waals surface area contributed by atoms with E-state index < -0.39 is 11.5 Å². The van der Waals surface area contributed by atoms with Gasteiger partial charge in [-0.3, -0.25) is 4.79 Å². The molecule has 1 aromatic heterocycles. The zero-order chi connectivity index (χ0) is 15.7. The Morgan fingerprint density at radius 1 is 1.41 bits per heavy atom. The molecule has 1 aliphatic heterocycles. The van der Waals surface area contributed by atoms with Gasteiger partial charge in [0.05, 0.1) is 0 Å². The molecule has 0 spiro atoms. The number of hydrogen-bond acceptors (Lipinski definition) is 3. The number of aryl methyl sites for hydroxylation is 1. The summed E-state index contributed by atoms with van der Waals surface area (Å²) >= 11 is 1.56. The van der Waals surface area contributed by atoms with Crippen LogP contribution in [0, 0.1) is 6.92 Å². The van der Waals surface area contributed by atoms with Crippen molar-refractivity contribution >= 4 is 34.5 Å². The molecule has 3 rings (SSSR count). The molecule has 22 heavy (non-hydrogen) atoms. The minimum absolute atomic E-state index is 0.138. The van der Waals surface area contributed by atoms with E-state index in [2.05, 4.69) is 5.32 Å². The summed E-state index contributed by atoms with van der Waals surface area (Å²) in [5, 5.41) is 13.3. The summed E-state index contributed by atoms with van der Waals surface area (Å²) in [6.07, 6.45) is 0.476. The number of nitrogens with one attached hydrogen (secondary N) is 1. The number of carboxylic acids is 1. The lowest BCUT2D eigenvalue weighted by molar-refractivity contribution is -0.146. The summed E-state index contributed by atoms with van der Waals surface area (Å²) in [6, 6.07) is 9.89. The number of aromatic nitrogens is 1. The minimum atomic E-state index is -1.11. The molecule has 2 aromatic rings. The van der Waals surface area contributed by atoms with Gasteiger partial charge in [0.25, 0.3) is 0 Å². The van der Waals surface area contributed by atoms with Crippen LogP contribution in [0.15, 0.2) is 30.3 Å². The van der Waals surface area contributed by atoms with Crippen LogP contribution in [0.3, 0.4) is 0 Å². The van der Waals surface area contributed by atoms with E-state index in [4.69, 9.17) is 0 Å². The average Bonchev–Trinajstić information content (AvgIpc) is 3.06. The zero-order valence-electron chi connectivity index (χ0n) is 12.3. The Morgan fingerprint density at radius 3 is 2.86 bits per heavy atom. The zero-order valence-corrected chi connectivity index (χ0v) is 13.2. The van der Waals surface area contributed by atoms with E-state index in [1.54, 1.807) is 11.8 Å². The van der Waals surface area contributed by atoms with Gasteiger partial charge in [0.15, 0.2) is 0 Å². The third kappa shape index (κ3) is 2.59. The SMILES string of the molecule is Cc1cc2ccccc2n1CC(=O)N[C@]1(C(=O)O)CCSC1. The second kappa shape index (κ2) is 5.68. The predicted molar refractivity (Wildman–Crippen MR) is 87.1 cm³/mol. The van der Waals surface area contributed by atoms with Crippen LogP contribution in [0.4, 0.5) is 0 Å². The first-order valence-electron chi connectivity index (χ1n) is 7.19. The number of thioether (sulfide) groups is 1. The van der Waals surface area contributed by atoms with Crippen LogP contribution >= 0.6 is 11.8 Å². The fraction of sp³-hybridized carbons (Fsp3) is 0.375. The van der Waals surface area contributed by atoms with Crippen molar-refractivity contribution in [3.05, 3.63) is 36.0 Å². The predicted octanol–water partition coefficient (Wildman–Crippen LogP) is 2.03. The number of benzene rings is 1. The van der Waals surface area contributed by atoms with Crippen LogP contribution < -0.4 is 5.32 Å². The van der Waals surface area contributed by atoms with E-state index in [0.717, 1.165) is 22.3 Å². The Kier molecular flexibility index (Phi) is 3.87. The van der Waals surface area contributed by atoms with E-state index in [0.29, 0.717) is 12.2 Å². The maximum atomic E-state index is 12.4. The number of para-hydroxylation sites is 1. The van der Waals surface area contributed by atoms with E-state index >= 15 is 0 Å². The summed E-state index contributed by atoms with van der Waals surface area (Å²) in [7, 11) is 0. The number of aliphatic carboxylic acids is 1. The first kappa shape index (κ1) is 15.0. The number of nitrogens with zero attached hydrogens (tertiary/aromatic N) is 1. The lowest BCUT2D eigenvalue weighted by atomic mass is 9.99. The molecule has 6 heteroatoms. The molecule has 0 unspecified atom stereocenters. The number of hydrogen-bond donors (Lipinski definition) is 2. The Morgan fingerprint density at radius 2 is 2.18 bits per heavy atom. The van der Waals surface area contributed by atoms with Crippen molar-refractivity contribution < 1.29 is 14.7 Å². The van der Waals surface area contributed by atoms with Crippen molar-refractivity contribution in [2.75, 3.05) is 11.5 Å². The van der Waals surface area contributed by atoms with Crippen LogP contribution in [0.2, 0.25) is 0 Å². The molecule has 1 saturated heterocycles. The summed E-state index contributed by atoms with van der Waals surface area (Å²) in [6.45, 7) is 2.09. The van der Waals surface area contributed by atoms with Gasteiger partial charge in [-0.1, -0.05) is 18.2 Å². The molecule has 1 aromatic carbocycles. The number of carbonyl (C=O) groups excluding carboxylic acids is 1. The van der Waals surface area contributed by atoms with Crippen LogP contribution in [0.25, 0.3) is 10.9 Å². The molecule has 0 aliphatic carbocycles. The quantitative estimate of drug-likeness (QED) is 0.905. The topological polar surface area (TPSA) is 71.3 Å². The van der Waals surface area contributed by atoms with Gasteiger partial charge in [-0.15, -0.1) is 0 Å². The van der Waals surface area contributed by atoms with Crippen molar-refractivity contribution in [2.45, 2.75) is 25.4 Å². The Bertz CT molecular complexity index is 732. The van der Waals surface area contributed by atoms with Gasteiger partial charge in [0.1, 0.15) is 12.1 Å². The molecular formula is C16H18N2O3S. The highest BCUT2D eigenvalue weighted by Gasteiger charge is 2.43. The van der Waals surface area contributed by atoms with Crippen molar-refractivity contribution in [2.24, 2.45) is 0 Å². The third-order valence-corrected chi connectivity index (χ3v) is 5.32. The first-order valence-corrected chi connectivity index (χ1v) is 8.34. The molecular weight excluding hydrogens is 300 g/mol. The maximum Gasteiger partial charge on any atom is 0.330 e. The average molecular weight is 318 g/mol. The molecule has 1 atom stereocenters.